The van der Waals surface area contributed by atoms with Gasteiger partial charge >= 0.3 is 6.03 Å². The Morgan fingerprint density at radius 1 is 1.04 bits per heavy atom. The van der Waals surface area contributed by atoms with Gasteiger partial charge in [0, 0.05) is 25.7 Å². The van der Waals surface area contributed by atoms with Crippen LogP contribution in [-0.2, 0) is 17.8 Å². The molecule has 1 aliphatic carbocycles. The fourth-order valence-corrected chi connectivity index (χ4v) is 3.99. The highest BCUT2D eigenvalue weighted by atomic mass is 16.5. The Bertz CT molecular complexity index is 662. The van der Waals surface area contributed by atoms with Crippen molar-refractivity contribution in [2.75, 3.05) is 32.8 Å². The van der Waals surface area contributed by atoms with Gasteiger partial charge in [-0.3, -0.25) is 9.48 Å². The molecule has 4 rings (SSSR count). The van der Waals surface area contributed by atoms with Gasteiger partial charge in [-0.1, -0.05) is 19.3 Å². The molecular weight excluding hydrogens is 334 g/mol. The van der Waals surface area contributed by atoms with Gasteiger partial charge in [0.25, 0.3) is 5.91 Å². The Hall–Kier alpha value is -2.09. The van der Waals surface area contributed by atoms with Gasteiger partial charge in [-0.15, -0.1) is 0 Å². The Labute approximate surface area is 153 Å². The zero-order chi connectivity index (χ0) is 17.9. The molecule has 8 heteroatoms. The second kappa shape index (κ2) is 7.65. The zero-order valence-corrected chi connectivity index (χ0v) is 15.2. The lowest BCUT2D eigenvalue weighted by Crippen LogP contribution is -2.48. The van der Waals surface area contributed by atoms with Crippen molar-refractivity contribution in [3.05, 3.63) is 17.5 Å². The van der Waals surface area contributed by atoms with E-state index in [0.29, 0.717) is 57.7 Å². The van der Waals surface area contributed by atoms with Gasteiger partial charge < -0.3 is 19.9 Å². The van der Waals surface area contributed by atoms with Crippen LogP contribution in [0, 0.1) is 0 Å². The molecule has 0 radical (unpaired) electrons. The summed E-state index contributed by atoms with van der Waals surface area (Å²) in [5, 5.41) is 7.63. The molecule has 2 aliphatic heterocycles. The maximum absolute atomic E-state index is 12.6. The van der Waals surface area contributed by atoms with Crippen LogP contribution in [0.2, 0.25) is 0 Å². The van der Waals surface area contributed by atoms with Crippen molar-refractivity contribution in [2.45, 2.75) is 51.2 Å². The number of hydrogen-bond acceptors (Lipinski definition) is 4. The van der Waals surface area contributed by atoms with Crippen LogP contribution in [0.4, 0.5) is 4.79 Å². The van der Waals surface area contributed by atoms with E-state index in [9.17, 15) is 9.59 Å². The van der Waals surface area contributed by atoms with Crippen molar-refractivity contribution in [2.24, 2.45) is 0 Å². The zero-order valence-electron chi connectivity index (χ0n) is 15.2. The number of nitrogens with one attached hydrogen (secondary N) is 1. The lowest BCUT2D eigenvalue weighted by molar-refractivity contribution is 0.0298. The number of carbonyl (C=O) groups excluding carboxylic acids is 2. The van der Waals surface area contributed by atoms with E-state index in [1.165, 1.54) is 19.3 Å². The summed E-state index contributed by atoms with van der Waals surface area (Å²) in [4.78, 5) is 28.8. The van der Waals surface area contributed by atoms with Crippen LogP contribution in [0.15, 0.2) is 6.07 Å². The van der Waals surface area contributed by atoms with Crippen LogP contribution >= 0.6 is 0 Å². The van der Waals surface area contributed by atoms with Crippen LogP contribution in [-0.4, -0.2) is 70.4 Å². The summed E-state index contributed by atoms with van der Waals surface area (Å²) in [6, 6.07) is 2.14. The Balaban J connectivity index is 1.38. The molecule has 26 heavy (non-hydrogen) atoms. The van der Waals surface area contributed by atoms with E-state index in [0.717, 1.165) is 18.5 Å². The second-order valence-electron chi connectivity index (χ2n) is 7.35. The standard InChI is InChI=1S/C18H27N5O3/c24-17(21-8-10-26-11-9-21)16-12-15-13-22(6-7-23(15)20-16)18(25)19-14-4-2-1-3-5-14/h12,14H,1-11,13H2,(H,19,25). The van der Waals surface area contributed by atoms with Gasteiger partial charge in [0.05, 0.1) is 32.0 Å². The highest BCUT2D eigenvalue weighted by Gasteiger charge is 2.27. The first kappa shape index (κ1) is 17.3. The van der Waals surface area contributed by atoms with E-state index in [1.807, 2.05) is 15.6 Å². The van der Waals surface area contributed by atoms with Crippen molar-refractivity contribution in [1.29, 1.82) is 0 Å². The molecule has 1 saturated carbocycles. The number of carbonyl (C=O) groups is 2. The molecule has 0 spiro atoms. The average Bonchev–Trinajstić information content (AvgIpc) is 3.12. The fourth-order valence-electron chi connectivity index (χ4n) is 3.99. The second-order valence-corrected chi connectivity index (χ2v) is 7.35. The molecule has 1 aromatic rings. The largest absolute Gasteiger partial charge is 0.378 e. The SMILES string of the molecule is O=C(NC1CCCCC1)N1CCn2nc(C(=O)N3CCOCC3)cc2C1. The highest BCUT2D eigenvalue weighted by Crippen LogP contribution is 2.19. The molecule has 1 N–H and O–H groups in total. The molecule has 0 aromatic carbocycles. The van der Waals surface area contributed by atoms with Crippen LogP contribution in [0.25, 0.3) is 0 Å². The maximum Gasteiger partial charge on any atom is 0.318 e. The molecule has 3 heterocycles. The van der Waals surface area contributed by atoms with Crippen molar-refractivity contribution < 1.29 is 14.3 Å². The van der Waals surface area contributed by atoms with E-state index in [-0.39, 0.29) is 11.9 Å². The highest BCUT2D eigenvalue weighted by molar-refractivity contribution is 5.92. The molecule has 1 saturated heterocycles. The summed E-state index contributed by atoms with van der Waals surface area (Å²) in [7, 11) is 0. The van der Waals surface area contributed by atoms with Crippen LogP contribution in [0.1, 0.15) is 48.3 Å². The number of fused-ring (bicyclic) bond motifs is 1. The number of aromatic nitrogens is 2. The summed E-state index contributed by atoms with van der Waals surface area (Å²) in [6.07, 6.45) is 5.83. The number of rotatable bonds is 2. The van der Waals surface area contributed by atoms with Gasteiger partial charge in [0.1, 0.15) is 0 Å². The summed E-state index contributed by atoms with van der Waals surface area (Å²) in [6.45, 7) is 4.13. The Kier molecular flexibility index (Phi) is 5.10. The molecular formula is C18H27N5O3. The smallest absolute Gasteiger partial charge is 0.318 e. The molecule has 1 aromatic heterocycles. The molecule has 2 fully saturated rings. The number of amides is 3. The van der Waals surface area contributed by atoms with Gasteiger partial charge in [-0.05, 0) is 18.9 Å². The number of ether oxygens (including phenoxy) is 1. The lowest BCUT2D eigenvalue weighted by Gasteiger charge is -2.31. The topological polar surface area (TPSA) is 79.7 Å². The molecule has 0 unspecified atom stereocenters. The molecule has 0 atom stereocenters. The quantitative estimate of drug-likeness (QED) is 0.859. The molecule has 3 amide bonds. The third-order valence-electron chi connectivity index (χ3n) is 5.54. The third kappa shape index (κ3) is 3.70. The molecule has 8 nitrogen and oxygen atoms in total. The van der Waals surface area contributed by atoms with Crippen molar-refractivity contribution in [1.82, 2.24) is 24.9 Å². The Morgan fingerprint density at radius 2 is 1.81 bits per heavy atom. The predicted octanol–water partition coefficient (Wildman–Crippen LogP) is 1.21. The number of morpholine rings is 1. The lowest BCUT2D eigenvalue weighted by atomic mass is 9.96. The first-order valence-corrected chi connectivity index (χ1v) is 9.70. The van der Waals surface area contributed by atoms with Gasteiger partial charge in [-0.2, -0.15) is 5.10 Å². The summed E-state index contributed by atoms with van der Waals surface area (Å²) in [5.74, 6) is -0.0478. The molecule has 142 valence electrons. The van der Waals surface area contributed by atoms with Gasteiger partial charge in [0.15, 0.2) is 5.69 Å². The number of urea groups is 1. The monoisotopic (exact) mass is 361 g/mol. The normalized spacial score (nSPS) is 21.4. The van der Waals surface area contributed by atoms with Crippen LogP contribution < -0.4 is 5.32 Å². The van der Waals surface area contributed by atoms with E-state index in [1.54, 1.807) is 4.90 Å². The van der Waals surface area contributed by atoms with Crippen molar-refractivity contribution in [3.8, 4) is 0 Å². The van der Waals surface area contributed by atoms with Crippen LogP contribution in [0.5, 0.6) is 0 Å². The van der Waals surface area contributed by atoms with Crippen molar-refractivity contribution >= 4 is 11.9 Å². The van der Waals surface area contributed by atoms with Gasteiger partial charge in [-0.25, -0.2) is 4.79 Å². The Morgan fingerprint density at radius 3 is 2.58 bits per heavy atom. The minimum Gasteiger partial charge on any atom is -0.378 e. The minimum absolute atomic E-state index is 0.00501. The van der Waals surface area contributed by atoms with Crippen molar-refractivity contribution in [3.63, 3.8) is 0 Å². The third-order valence-corrected chi connectivity index (χ3v) is 5.54. The van der Waals surface area contributed by atoms with E-state index >= 15 is 0 Å². The molecule has 3 aliphatic rings. The first-order chi connectivity index (χ1) is 12.7. The number of nitrogens with zero attached hydrogens (tertiary/aromatic N) is 4. The minimum atomic E-state index is -0.0478. The van der Waals surface area contributed by atoms with E-state index in [4.69, 9.17) is 4.74 Å². The van der Waals surface area contributed by atoms with E-state index in [2.05, 4.69) is 10.4 Å². The summed E-state index contributed by atoms with van der Waals surface area (Å²) < 4.78 is 7.16. The van der Waals surface area contributed by atoms with Gasteiger partial charge in [0.2, 0.25) is 0 Å². The van der Waals surface area contributed by atoms with E-state index < -0.39 is 0 Å². The fraction of sp³-hybridized carbons (Fsp3) is 0.722. The van der Waals surface area contributed by atoms with Crippen LogP contribution in [0.3, 0.4) is 0 Å². The predicted molar refractivity (Wildman–Crippen MR) is 94.8 cm³/mol. The first-order valence-electron chi connectivity index (χ1n) is 9.70. The molecule has 0 bridgehead atoms. The number of hydrogen-bond donors (Lipinski definition) is 1. The maximum atomic E-state index is 12.6. The summed E-state index contributed by atoms with van der Waals surface area (Å²) in [5.41, 5.74) is 1.39. The average molecular weight is 361 g/mol. The summed E-state index contributed by atoms with van der Waals surface area (Å²) >= 11 is 0.